The Morgan fingerprint density at radius 1 is 1.33 bits per heavy atom. The molecular weight excluding hydrogens is 280 g/mol. The smallest absolute Gasteiger partial charge is 0.122 e. The highest BCUT2D eigenvalue weighted by Crippen LogP contribution is 2.45. The third-order valence-corrected chi connectivity index (χ3v) is 4.85. The molecule has 1 N–H and O–H groups in total. The van der Waals surface area contributed by atoms with Crippen molar-refractivity contribution in [3.05, 3.63) is 15.6 Å². The molecule has 0 amide bonds. The van der Waals surface area contributed by atoms with Crippen LogP contribution in [0.2, 0.25) is 0 Å². The van der Waals surface area contributed by atoms with Crippen molar-refractivity contribution >= 4 is 11.3 Å². The van der Waals surface area contributed by atoms with Gasteiger partial charge in [0.25, 0.3) is 0 Å². The lowest BCUT2D eigenvalue weighted by Gasteiger charge is -2.18. The maximum atomic E-state index is 5.99. The van der Waals surface area contributed by atoms with E-state index in [-0.39, 0.29) is 11.5 Å². The van der Waals surface area contributed by atoms with Gasteiger partial charge in [-0.3, -0.25) is 0 Å². The highest BCUT2D eigenvalue weighted by Gasteiger charge is 2.36. The zero-order valence-corrected chi connectivity index (χ0v) is 15.1. The van der Waals surface area contributed by atoms with Gasteiger partial charge in [0.05, 0.1) is 5.69 Å². The topological polar surface area (TPSA) is 34.1 Å². The van der Waals surface area contributed by atoms with E-state index in [1.165, 1.54) is 28.4 Å². The van der Waals surface area contributed by atoms with Gasteiger partial charge in [0.1, 0.15) is 11.1 Å². The molecule has 0 radical (unpaired) electrons. The molecule has 3 nitrogen and oxygen atoms in total. The van der Waals surface area contributed by atoms with E-state index in [0.29, 0.717) is 12.0 Å². The minimum absolute atomic E-state index is 0.0864. The molecule has 0 aliphatic heterocycles. The Bertz CT molecular complexity index is 458. The molecule has 0 saturated heterocycles. The van der Waals surface area contributed by atoms with Gasteiger partial charge in [0.15, 0.2) is 0 Å². The van der Waals surface area contributed by atoms with Crippen molar-refractivity contribution in [1.29, 1.82) is 0 Å². The van der Waals surface area contributed by atoms with Crippen LogP contribution in [-0.4, -0.2) is 17.6 Å². The second-order valence-corrected chi connectivity index (χ2v) is 8.44. The predicted octanol–water partition coefficient (Wildman–Crippen LogP) is 4.43. The van der Waals surface area contributed by atoms with Crippen LogP contribution in [0.4, 0.5) is 0 Å². The number of rotatable bonds is 7. The van der Waals surface area contributed by atoms with Gasteiger partial charge in [-0.2, -0.15) is 0 Å². The van der Waals surface area contributed by atoms with Gasteiger partial charge in [-0.1, -0.05) is 34.6 Å². The van der Waals surface area contributed by atoms with E-state index in [1.807, 2.05) is 11.3 Å². The van der Waals surface area contributed by atoms with Crippen LogP contribution in [0.1, 0.15) is 76.1 Å². The Kier molecular flexibility index (Phi) is 5.44. The molecule has 1 heterocycles. The first-order chi connectivity index (χ1) is 9.82. The summed E-state index contributed by atoms with van der Waals surface area (Å²) >= 11 is 1.85. The van der Waals surface area contributed by atoms with Crippen LogP contribution in [0.3, 0.4) is 0 Å². The largest absolute Gasteiger partial charge is 0.371 e. The van der Waals surface area contributed by atoms with Crippen molar-refractivity contribution < 1.29 is 4.74 Å². The molecule has 0 aromatic carbocycles. The highest BCUT2D eigenvalue weighted by atomic mass is 32.1. The fraction of sp³-hybridized carbons (Fsp3) is 0.824. The molecule has 1 aliphatic rings. The standard InChI is InChI=1S/C17H30N2OS/c1-7-20-14(12-8-9-12)16-19-15(17(4,5)6)13(21-16)10-18-11(2)3/h11-12,14,18H,7-10H2,1-6H3. The minimum Gasteiger partial charge on any atom is -0.371 e. The van der Waals surface area contributed by atoms with Gasteiger partial charge in [-0.15, -0.1) is 11.3 Å². The van der Waals surface area contributed by atoms with E-state index in [9.17, 15) is 0 Å². The third kappa shape index (κ3) is 4.51. The van der Waals surface area contributed by atoms with Crippen LogP contribution in [0.25, 0.3) is 0 Å². The van der Waals surface area contributed by atoms with Gasteiger partial charge in [-0.05, 0) is 25.7 Å². The van der Waals surface area contributed by atoms with E-state index in [4.69, 9.17) is 9.72 Å². The maximum Gasteiger partial charge on any atom is 0.122 e. The molecule has 1 unspecified atom stereocenters. The highest BCUT2D eigenvalue weighted by molar-refractivity contribution is 7.11. The number of ether oxygens (including phenoxy) is 1. The Labute approximate surface area is 133 Å². The summed E-state index contributed by atoms with van der Waals surface area (Å²) in [5.74, 6) is 0.690. The minimum atomic E-state index is 0.0864. The number of hydrogen-bond donors (Lipinski definition) is 1. The molecule has 1 saturated carbocycles. The summed E-state index contributed by atoms with van der Waals surface area (Å²) in [7, 11) is 0. The van der Waals surface area contributed by atoms with Crippen molar-refractivity contribution in [1.82, 2.24) is 10.3 Å². The normalized spacial score (nSPS) is 17.5. The summed E-state index contributed by atoms with van der Waals surface area (Å²) in [6.45, 7) is 14.9. The van der Waals surface area contributed by atoms with Crippen LogP contribution in [-0.2, 0) is 16.7 Å². The number of nitrogens with zero attached hydrogens (tertiary/aromatic N) is 1. The van der Waals surface area contributed by atoms with Crippen molar-refractivity contribution in [2.24, 2.45) is 5.92 Å². The summed E-state index contributed by atoms with van der Waals surface area (Å²) in [6.07, 6.45) is 2.79. The Morgan fingerprint density at radius 2 is 2.00 bits per heavy atom. The number of nitrogens with one attached hydrogen (secondary N) is 1. The monoisotopic (exact) mass is 310 g/mol. The summed E-state index contributed by atoms with van der Waals surface area (Å²) in [4.78, 5) is 6.36. The van der Waals surface area contributed by atoms with Crippen molar-refractivity contribution in [3.8, 4) is 0 Å². The van der Waals surface area contributed by atoms with Crippen molar-refractivity contribution in [2.45, 2.75) is 78.5 Å². The fourth-order valence-corrected chi connectivity index (χ4v) is 3.85. The summed E-state index contributed by atoms with van der Waals surface area (Å²) in [5.41, 5.74) is 1.32. The molecule has 1 aromatic heterocycles. The van der Waals surface area contributed by atoms with Crippen LogP contribution < -0.4 is 5.32 Å². The van der Waals surface area contributed by atoms with Crippen LogP contribution >= 0.6 is 11.3 Å². The molecule has 1 aromatic rings. The average Bonchev–Trinajstić information content (AvgIpc) is 3.11. The molecule has 1 fully saturated rings. The first-order valence-corrected chi connectivity index (χ1v) is 8.99. The van der Waals surface area contributed by atoms with Gasteiger partial charge in [-0.25, -0.2) is 4.98 Å². The first-order valence-electron chi connectivity index (χ1n) is 8.18. The second-order valence-electron chi connectivity index (χ2n) is 7.32. The lowest BCUT2D eigenvalue weighted by Crippen LogP contribution is -2.23. The number of thiazole rings is 1. The Balaban J connectivity index is 2.25. The van der Waals surface area contributed by atoms with E-state index < -0.39 is 0 Å². The van der Waals surface area contributed by atoms with E-state index in [0.717, 1.165) is 13.2 Å². The fourth-order valence-electron chi connectivity index (χ4n) is 2.48. The SMILES string of the molecule is CCOC(c1nc(C(C)(C)C)c(CNC(C)C)s1)C1CC1. The van der Waals surface area contributed by atoms with Crippen LogP contribution in [0.5, 0.6) is 0 Å². The van der Waals surface area contributed by atoms with Crippen molar-refractivity contribution in [2.75, 3.05) is 6.61 Å². The molecule has 120 valence electrons. The zero-order chi connectivity index (χ0) is 15.6. The molecule has 0 bridgehead atoms. The molecular formula is C17H30N2OS. The lowest BCUT2D eigenvalue weighted by molar-refractivity contribution is 0.0460. The quantitative estimate of drug-likeness (QED) is 0.809. The molecule has 1 atom stereocenters. The van der Waals surface area contributed by atoms with Gasteiger partial charge >= 0.3 is 0 Å². The molecule has 2 rings (SSSR count). The second kappa shape index (κ2) is 6.76. The third-order valence-electron chi connectivity index (χ3n) is 3.73. The molecule has 4 heteroatoms. The van der Waals surface area contributed by atoms with E-state index in [1.54, 1.807) is 0 Å². The first kappa shape index (κ1) is 16.9. The number of aromatic nitrogens is 1. The van der Waals surface area contributed by atoms with E-state index in [2.05, 4.69) is 46.9 Å². The van der Waals surface area contributed by atoms with E-state index >= 15 is 0 Å². The molecule has 21 heavy (non-hydrogen) atoms. The maximum absolute atomic E-state index is 5.99. The van der Waals surface area contributed by atoms with Gasteiger partial charge in [0, 0.05) is 29.5 Å². The summed E-state index contributed by atoms with van der Waals surface area (Å²) in [6, 6.07) is 0.495. The average molecular weight is 311 g/mol. The zero-order valence-electron chi connectivity index (χ0n) is 14.3. The number of hydrogen-bond acceptors (Lipinski definition) is 4. The van der Waals surface area contributed by atoms with Gasteiger partial charge in [0.2, 0.25) is 0 Å². The van der Waals surface area contributed by atoms with Crippen LogP contribution in [0.15, 0.2) is 0 Å². The lowest BCUT2D eigenvalue weighted by atomic mass is 9.91. The Morgan fingerprint density at radius 3 is 2.48 bits per heavy atom. The summed E-state index contributed by atoms with van der Waals surface area (Å²) < 4.78 is 5.99. The van der Waals surface area contributed by atoms with Crippen LogP contribution in [0, 0.1) is 5.92 Å². The van der Waals surface area contributed by atoms with Crippen molar-refractivity contribution in [3.63, 3.8) is 0 Å². The Hall–Kier alpha value is -0.450. The molecule has 0 spiro atoms. The predicted molar refractivity (Wildman–Crippen MR) is 89.9 cm³/mol. The van der Waals surface area contributed by atoms with Gasteiger partial charge < -0.3 is 10.1 Å². The molecule has 1 aliphatic carbocycles. The summed E-state index contributed by atoms with van der Waals surface area (Å²) in [5, 5.41) is 4.72.